The monoisotopic (exact) mass is 372 g/mol. The fourth-order valence-corrected chi connectivity index (χ4v) is 2.74. The molecule has 0 aliphatic rings. The molecule has 3 aromatic rings. The van der Waals surface area contributed by atoms with Gasteiger partial charge in [-0.3, -0.25) is 4.79 Å². The summed E-state index contributed by atoms with van der Waals surface area (Å²) in [4.78, 5) is 16.9. The summed E-state index contributed by atoms with van der Waals surface area (Å²) in [6.45, 7) is 2.61. The van der Waals surface area contributed by atoms with Gasteiger partial charge >= 0.3 is 0 Å². The lowest BCUT2D eigenvalue weighted by Crippen LogP contribution is -2.28. The zero-order chi connectivity index (χ0) is 18.5. The van der Waals surface area contributed by atoms with E-state index in [1.165, 1.54) is 0 Å². The van der Waals surface area contributed by atoms with Gasteiger partial charge in [0.15, 0.2) is 0 Å². The summed E-state index contributed by atoms with van der Waals surface area (Å²) >= 11 is 5.87. The Bertz CT molecular complexity index is 890. The van der Waals surface area contributed by atoms with Crippen molar-refractivity contribution in [2.45, 2.75) is 26.1 Å². The molecule has 1 aromatic heterocycles. The van der Waals surface area contributed by atoms with Crippen LogP contribution >= 0.6 is 11.6 Å². The number of amides is 1. The largest absolute Gasteiger partial charge is 0.392 e. The van der Waals surface area contributed by atoms with Gasteiger partial charge in [-0.05, 0) is 36.8 Å². The fourth-order valence-electron chi connectivity index (χ4n) is 2.61. The van der Waals surface area contributed by atoms with Crippen molar-refractivity contribution in [2.75, 3.05) is 11.9 Å². The lowest BCUT2D eigenvalue weighted by Gasteiger charge is -2.12. The normalized spacial score (nSPS) is 12.1. The van der Waals surface area contributed by atoms with E-state index in [-0.39, 0.29) is 12.5 Å². The maximum absolute atomic E-state index is 12.4. The average Bonchev–Trinajstić information content (AvgIpc) is 2.97. The number of fused-ring (bicyclic) bond motifs is 1. The van der Waals surface area contributed by atoms with E-state index >= 15 is 0 Å². The van der Waals surface area contributed by atoms with Gasteiger partial charge in [0.05, 0.1) is 17.1 Å². The summed E-state index contributed by atoms with van der Waals surface area (Å²) < 4.78 is 1.81. The molecule has 3 N–H and O–H groups in total. The number of rotatable bonds is 7. The molecule has 7 heteroatoms. The lowest BCUT2D eigenvalue weighted by atomic mass is 10.2. The molecule has 6 nitrogen and oxygen atoms in total. The molecule has 136 valence electrons. The molecule has 0 bridgehead atoms. The van der Waals surface area contributed by atoms with Crippen molar-refractivity contribution in [3.8, 4) is 0 Å². The topological polar surface area (TPSA) is 79.2 Å². The molecule has 0 radical (unpaired) electrons. The van der Waals surface area contributed by atoms with Crippen molar-refractivity contribution < 1.29 is 9.90 Å². The molecule has 1 atom stereocenters. The van der Waals surface area contributed by atoms with Crippen LogP contribution < -0.4 is 10.6 Å². The Kier molecular flexibility index (Phi) is 5.75. The van der Waals surface area contributed by atoms with Crippen LogP contribution in [0.4, 0.5) is 5.95 Å². The van der Waals surface area contributed by atoms with Gasteiger partial charge in [-0.15, -0.1) is 0 Å². The smallest absolute Gasteiger partial charge is 0.240 e. The molecule has 1 heterocycles. The number of para-hydroxylation sites is 2. The number of anilines is 1. The van der Waals surface area contributed by atoms with E-state index in [0.717, 1.165) is 16.6 Å². The predicted molar refractivity (Wildman–Crippen MR) is 103 cm³/mol. The van der Waals surface area contributed by atoms with E-state index in [0.29, 0.717) is 24.1 Å². The Hall–Kier alpha value is -2.57. The standard InChI is InChI=1S/C19H21ClN4O2/c1-13(25)10-22-19-23-16-4-2-3-5-17(16)24(19)12-18(26)21-11-14-6-8-15(20)9-7-14/h2-9,13,25H,10-12H2,1H3,(H,21,26)(H,22,23). The number of nitrogens with one attached hydrogen (secondary N) is 2. The van der Waals surface area contributed by atoms with Crippen molar-refractivity contribution >= 4 is 34.5 Å². The Labute approximate surface area is 156 Å². The average molecular weight is 373 g/mol. The van der Waals surface area contributed by atoms with Gasteiger partial charge < -0.3 is 20.3 Å². The van der Waals surface area contributed by atoms with Crippen LogP contribution in [-0.4, -0.2) is 33.2 Å². The highest BCUT2D eigenvalue weighted by Gasteiger charge is 2.13. The van der Waals surface area contributed by atoms with Gasteiger partial charge in [0.25, 0.3) is 0 Å². The number of nitrogens with zero attached hydrogens (tertiary/aromatic N) is 2. The molecular weight excluding hydrogens is 352 g/mol. The Balaban J connectivity index is 1.72. The van der Waals surface area contributed by atoms with Crippen LogP contribution in [0.1, 0.15) is 12.5 Å². The van der Waals surface area contributed by atoms with Crippen LogP contribution in [0.25, 0.3) is 11.0 Å². The van der Waals surface area contributed by atoms with E-state index in [1.54, 1.807) is 19.1 Å². The first-order chi connectivity index (χ1) is 12.5. The SMILES string of the molecule is CC(O)CNc1nc2ccccc2n1CC(=O)NCc1ccc(Cl)cc1. The Morgan fingerprint density at radius 2 is 1.96 bits per heavy atom. The van der Waals surface area contributed by atoms with Crippen molar-refractivity contribution in [3.63, 3.8) is 0 Å². The minimum absolute atomic E-state index is 0.122. The summed E-state index contributed by atoms with van der Waals surface area (Å²) in [6, 6.07) is 15.0. The highest BCUT2D eigenvalue weighted by molar-refractivity contribution is 6.30. The molecule has 0 aliphatic carbocycles. The second kappa shape index (κ2) is 8.21. The fraction of sp³-hybridized carbons (Fsp3) is 0.263. The van der Waals surface area contributed by atoms with Crippen molar-refractivity contribution in [2.24, 2.45) is 0 Å². The Morgan fingerprint density at radius 1 is 1.23 bits per heavy atom. The maximum Gasteiger partial charge on any atom is 0.240 e. The van der Waals surface area contributed by atoms with Crippen LogP contribution in [0, 0.1) is 0 Å². The number of aliphatic hydroxyl groups excluding tert-OH is 1. The van der Waals surface area contributed by atoms with Gasteiger partial charge in [0.1, 0.15) is 6.54 Å². The first kappa shape index (κ1) is 18.2. The van der Waals surface area contributed by atoms with E-state index in [4.69, 9.17) is 11.6 Å². The van der Waals surface area contributed by atoms with Gasteiger partial charge in [-0.2, -0.15) is 0 Å². The minimum atomic E-state index is -0.512. The van der Waals surface area contributed by atoms with E-state index < -0.39 is 6.10 Å². The molecule has 0 saturated heterocycles. The van der Waals surface area contributed by atoms with Crippen LogP contribution in [0.15, 0.2) is 48.5 Å². The molecule has 0 fully saturated rings. The zero-order valence-corrected chi connectivity index (χ0v) is 15.2. The summed E-state index contributed by atoms with van der Waals surface area (Å²) in [7, 11) is 0. The molecule has 3 rings (SSSR count). The molecule has 0 spiro atoms. The molecular formula is C19H21ClN4O2. The van der Waals surface area contributed by atoms with Crippen LogP contribution in [0.2, 0.25) is 5.02 Å². The number of hydrogen-bond acceptors (Lipinski definition) is 4. The third-order valence-corrected chi connectivity index (χ3v) is 4.17. The number of halogens is 1. The summed E-state index contributed by atoms with van der Waals surface area (Å²) in [5, 5.41) is 16.2. The second-order valence-electron chi connectivity index (χ2n) is 6.14. The summed E-state index contributed by atoms with van der Waals surface area (Å²) in [5.41, 5.74) is 2.64. The molecule has 26 heavy (non-hydrogen) atoms. The van der Waals surface area contributed by atoms with Gasteiger partial charge in [-0.25, -0.2) is 4.98 Å². The third-order valence-electron chi connectivity index (χ3n) is 3.91. The first-order valence-corrected chi connectivity index (χ1v) is 8.79. The number of hydrogen-bond donors (Lipinski definition) is 3. The van der Waals surface area contributed by atoms with Crippen LogP contribution in [0.3, 0.4) is 0 Å². The molecule has 2 aromatic carbocycles. The van der Waals surface area contributed by atoms with E-state index in [1.807, 2.05) is 41.0 Å². The summed E-state index contributed by atoms with van der Waals surface area (Å²) in [6.07, 6.45) is -0.512. The lowest BCUT2D eigenvalue weighted by molar-refractivity contribution is -0.121. The maximum atomic E-state index is 12.4. The van der Waals surface area contributed by atoms with E-state index in [9.17, 15) is 9.90 Å². The molecule has 0 saturated carbocycles. The van der Waals surface area contributed by atoms with Crippen molar-refractivity contribution in [1.82, 2.24) is 14.9 Å². The van der Waals surface area contributed by atoms with Gasteiger partial charge in [0, 0.05) is 18.1 Å². The zero-order valence-electron chi connectivity index (χ0n) is 14.4. The number of benzene rings is 2. The minimum Gasteiger partial charge on any atom is -0.392 e. The quantitative estimate of drug-likeness (QED) is 0.596. The number of imidazole rings is 1. The van der Waals surface area contributed by atoms with Crippen LogP contribution in [-0.2, 0) is 17.9 Å². The predicted octanol–water partition coefficient (Wildman–Crippen LogP) is 2.80. The second-order valence-corrected chi connectivity index (χ2v) is 6.58. The van der Waals surface area contributed by atoms with Crippen LogP contribution in [0.5, 0.6) is 0 Å². The number of aromatic nitrogens is 2. The number of carbonyl (C=O) groups excluding carboxylic acids is 1. The van der Waals surface area contributed by atoms with Crippen molar-refractivity contribution in [1.29, 1.82) is 0 Å². The van der Waals surface area contributed by atoms with Gasteiger partial charge in [-0.1, -0.05) is 35.9 Å². The van der Waals surface area contributed by atoms with Crippen molar-refractivity contribution in [3.05, 3.63) is 59.1 Å². The molecule has 0 aliphatic heterocycles. The summed E-state index contributed by atoms with van der Waals surface area (Å²) in [5.74, 6) is 0.442. The molecule has 1 amide bonds. The highest BCUT2D eigenvalue weighted by atomic mass is 35.5. The Morgan fingerprint density at radius 3 is 2.69 bits per heavy atom. The first-order valence-electron chi connectivity index (χ1n) is 8.41. The number of carbonyl (C=O) groups is 1. The highest BCUT2D eigenvalue weighted by Crippen LogP contribution is 2.19. The van der Waals surface area contributed by atoms with E-state index in [2.05, 4.69) is 15.6 Å². The third kappa shape index (κ3) is 4.53. The molecule has 1 unspecified atom stereocenters. The van der Waals surface area contributed by atoms with Gasteiger partial charge in [0.2, 0.25) is 11.9 Å². The number of aliphatic hydroxyl groups is 1.